The van der Waals surface area contributed by atoms with Crippen LogP contribution in [0.1, 0.15) is 56.1 Å². The summed E-state index contributed by atoms with van der Waals surface area (Å²) in [4.78, 5) is 0. The minimum atomic E-state index is 0.111. The first-order valence-electron chi connectivity index (χ1n) is 15.3. The lowest BCUT2D eigenvalue weighted by molar-refractivity contribution is 0.401. The summed E-state index contributed by atoms with van der Waals surface area (Å²) in [7, 11) is 0. The van der Waals surface area contributed by atoms with Crippen LogP contribution in [0.4, 0.5) is 0 Å². The van der Waals surface area contributed by atoms with Gasteiger partial charge in [-0.25, -0.2) is 0 Å². The third-order valence-corrected chi connectivity index (χ3v) is 9.62. The van der Waals surface area contributed by atoms with E-state index in [4.69, 9.17) is 0 Å². The summed E-state index contributed by atoms with van der Waals surface area (Å²) in [5.74, 6) is 0. The number of rotatable bonds is 3. The van der Waals surface area contributed by atoms with E-state index >= 15 is 0 Å². The zero-order valence-corrected chi connectivity index (χ0v) is 23.2. The fourth-order valence-corrected chi connectivity index (χ4v) is 7.71. The lowest BCUT2D eigenvalue weighted by Crippen LogP contribution is -2.32. The van der Waals surface area contributed by atoms with Gasteiger partial charge in [-0.2, -0.15) is 0 Å². The summed E-state index contributed by atoms with van der Waals surface area (Å²) in [6.45, 7) is 0. The number of benzene rings is 3. The minimum absolute atomic E-state index is 0.111. The van der Waals surface area contributed by atoms with Gasteiger partial charge in [0.25, 0.3) is 0 Å². The molecule has 2 aromatic heterocycles. The molecule has 3 aromatic carbocycles. The van der Waals surface area contributed by atoms with Gasteiger partial charge in [0.15, 0.2) is 6.29 Å². The fraction of sp³-hybridized carbons (Fsp3) is 0.243. The van der Waals surface area contributed by atoms with Gasteiger partial charge in [-0.15, -0.1) is 0 Å². The number of fused-ring (bicyclic) bond motifs is 7. The minimum Gasteiger partial charge on any atom is -0.355 e. The van der Waals surface area contributed by atoms with Crippen molar-refractivity contribution in [3.8, 4) is 11.1 Å². The van der Waals surface area contributed by atoms with E-state index in [9.17, 15) is 0 Å². The first kappa shape index (κ1) is 23.4. The third kappa shape index (κ3) is 3.57. The maximum Gasteiger partial charge on any atom is 0.159 e. The monoisotopic (exact) mass is 534 g/mol. The van der Waals surface area contributed by atoms with Crippen LogP contribution >= 0.6 is 0 Å². The molecule has 5 aromatic rings. The number of allylic oxidation sites excluding steroid dienone is 6. The van der Waals surface area contributed by atoms with Crippen molar-refractivity contribution >= 4 is 44.5 Å². The van der Waals surface area contributed by atoms with E-state index < -0.39 is 0 Å². The Balaban J connectivity index is 1.19. The molecule has 2 unspecified atom stereocenters. The van der Waals surface area contributed by atoms with Crippen molar-refractivity contribution in [1.82, 2.24) is 19.8 Å². The van der Waals surface area contributed by atoms with Crippen molar-refractivity contribution < 1.29 is 0 Å². The molecule has 9 rings (SSSR count). The Morgan fingerprint density at radius 1 is 0.756 bits per heavy atom. The highest BCUT2D eigenvalue weighted by Crippen LogP contribution is 2.40. The number of para-hydroxylation sites is 1. The molecule has 4 heteroatoms. The lowest BCUT2D eigenvalue weighted by Gasteiger charge is -2.20. The van der Waals surface area contributed by atoms with Crippen molar-refractivity contribution in [2.45, 2.75) is 57.3 Å². The van der Waals surface area contributed by atoms with Crippen molar-refractivity contribution in [1.29, 1.82) is 0 Å². The average Bonchev–Trinajstić information content (AvgIpc) is 3.70. The van der Waals surface area contributed by atoms with Crippen LogP contribution in [-0.4, -0.2) is 15.2 Å². The molecule has 2 atom stereocenters. The van der Waals surface area contributed by atoms with E-state index in [0.717, 1.165) is 25.7 Å². The van der Waals surface area contributed by atoms with Gasteiger partial charge in [-0.05, 0) is 92.5 Å². The van der Waals surface area contributed by atoms with Crippen LogP contribution in [0.2, 0.25) is 0 Å². The van der Waals surface area contributed by atoms with Gasteiger partial charge in [0.1, 0.15) is 0 Å². The van der Waals surface area contributed by atoms with Crippen LogP contribution in [0.25, 0.3) is 55.6 Å². The van der Waals surface area contributed by atoms with E-state index in [0.29, 0.717) is 6.04 Å². The van der Waals surface area contributed by atoms with Gasteiger partial charge in [0, 0.05) is 38.8 Å². The Labute approximate surface area is 240 Å². The highest BCUT2D eigenvalue weighted by Gasteiger charge is 2.33. The van der Waals surface area contributed by atoms with E-state index in [1.807, 2.05) is 0 Å². The van der Waals surface area contributed by atoms with Crippen LogP contribution in [0.5, 0.6) is 0 Å². The summed E-state index contributed by atoms with van der Waals surface area (Å²) < 4.78 is 5.01. The lowest BCUT2D eigenvalue weighted by atomic mass is 9.98. The molecule has 0 saturated carbocycles. The van der Waals surface area contributed by atoms with Crippen molar-refractivity contribution in [2.24, 2.45) is 0 Å². The summed E-state index contributed by atoms with van der Waals surface area (Å²) in [5, 5.41) is 11.7. The maximum atomic E-state index is 3.90. The molecule has 0 bridgehead atoms. The first-order valence-corrected chi connectivity index (χ1v) is 15.3. The zero-order valence-electron chi connectivity index (χ0n) is 23.2. The average molecular weight is 535 g/mol. The molecule has 3 aliphatic carbocycles. The summed E-state index contributed by atoms with van der Waals surface area (Å²) in [5.41, 5.74) is 12.0. The molecule has 0 spiro atoms. The largest absolute Gasteiger partial charge is 0.355 e. The second-order valence-corrected chi connectivity index (χ2v) is 12.0. The Morgan fingerprint density at radius 3 is 2.46 bits per heavy atom. The third-order valence-electron chi connectivity index (χ3n) is 9.62. The van der Waals surface area contributed by atoms with Crippen molar-refractivity contribution in [3.63, 3.8) is 0 Å². The summed E-state index contributed by atoms with van der Waals surface area (Å²) >= 11 is 0. The van der Waals surface area contributed by atoms with E-state index in [-0.39, 0.29) is 6.29 Å². The number of nitrogens with zero attached hydrogens (tertiary/aromatic N) is 2. The van der Waals surface area contributed by atoms with Gasteiger partial charge in [-0.1, -0.05) is 60.7 Å². The van der Waals surface area contributed by atoms with Crippen LogP contribution in [-0.2, 0) is 6.42 Å². The van der Waals surface area contributed by atoms with E-state index in [1.54, 1.807) is 0 Å². The molecule has 2 N–H and O–H groups in total. The predicted octanol–water partition coefficient (Wildman–Crippen LogP) is 8.65. The molecule has 41 heavy (non-hydrogen) atoms. The molecule has 202 valence electrons. The fourth-order valence-electron chi connectivity index (χ4n) is 7.71. The smallest absolute Gasteiger partial charge is 0.159 e. The zero-order chi connectivity index (χ0) is 26.9. The van der Waals surface area contributed by atoms with Gasteiger partial charge >= 0.3 is 0 Å². The highest BCUT2D eigenvalue weighted by molar-refractivity contribution is 6.11. The Bertz CT molecular complexity index is 1990. The Kier molecular flexibility index (Phi) is 5.21. The molecular formula is C37H34N4. The second kappa shape index (κ2) is 9.12. The molecule has 0 radical (unpaired) electrons. The maximum absolute atomic E-state index is 3.90. The number of nitrogens with one attached hydrogen (secondary N) is 2. The molecule has 3 heterocycles. The van der Waals surface area contributed by atoms with Gasteiger partial charge in [-0.3, -0.25) is 5.32 Å². The number of hydrogen-bond acceptors (Lipinski definition) is 2. The van der Waals surface area contributed by atoms with Crippen LogP contribution < -0.4 is 10.6 Å². The van der Waals surface area contributed by atoms with E-state index in [1.165, 1.54) is 85.7 Å². The predicted molar refractivity (Wildman–Crippen MR) is 171 cm³/mol. The quantitative estimate of drug-likeness (QED) is 0.243. The molecule has 4 nitrogen and oxygen atoms in total. The molecule has 1 fully saturated rings. The van der Waals surface area contributed by atoms with E-state index in [2.05, 4.69) is 117 Å². The summed E-state index contributed by atoms with van der Waals surface area (Å²) in [6, 6.07) is 23.5. The molecule has 1 saturated heterocycles. The molecule has 0 amide bonds. The standard InChI is InChI=1S/C37H34N4/c1-2-10-26(11-3-1)40-33-16-8-4-12-27(33)29-22-24(18-20-35(29)40)25-19-21-36-30(23-25)28-13-5-9-17-34(28)41(36)37-38-31-14-6-7-15-32(31)39-37/h1-2,4-5,8,10,12-14,16,18-23,32,37-39H,3,6-7,9,11,15,17H2. The molecule has 4 aliphatic rings. The van der Waals surface area contributed by atoms with Gasteiger partial charge < -0.3 is 14.5 Å². The Hall–Kier alpha value is -4.28. The summed E-state index contributed by atoms with van der Waals surface area (Å²) in [6.07, 6.45) is 21.9. The number of aromatic nitrogens is 2. The second-order valence-electron chi connectivity index (χ2n) is 12.0. The van der Waals surface area contributed by atoms with Crippen LogP contribution in [0, 0.1) is 0 Å². The topological polar surface area (TPSA) is 33.9 Å². The first-order chi connectivity index (χ1) is 20.3. The number of hydrogen-bond donors (Lipinski definition) is 2. The van der Waals surface area contributed by atoms with Crippen molar-refractivity contribution in [2.75, 3.05) is 0 Å². The van der Waals surface area contributed by atoms with Crippen LogP contribution in [0.3, 0.4) is 0 Å². The van der Waals surface area contributed by atoms with Gasteiger partial charge in [0.05, 0.1) is 22.6 Å². The SMILES string of the molecule is C1=CCCC(n2c3ccccc3c3cc(-c4ccc5c(c4)c4c(n5C5NC6=CCCCC6N5)CCC=C4)ccc32)=C1. The van der Waals surface area contributed by atoms with Gasteiger partial charge in [0.2, 0.25) is 0 Å². The highest BCUT2D eigenvalue weighted by atomic mass is 15.4. The molecular weight excluding hydrogens is 500 g/mol. The molecule has 1 aliphatic heterocycles. The van der Waals surface area contributed by atoms with Crippen molar-refractivity contribution in [3.05, 3.63) is 108 Å². The van der Waals surface area contributed by atoms with Crippen LogP contribution in [0.15, 0.2) is 96.7 Å². The Morgan fingerprint density at radius 2 is 1.59 bits per heavy atom. The normalized spacial score (nSPS) is 21.7.